The van der Waals surface area contributed by atoms with Gasteiger partial charge in [-0.1, -0.05) is 12.1 Å². The molecular weight excluding hydrogens is 252 g/mol. The largest absolute Gasteiger partial charge is 0.496 e. The van der Waals surface area contributed by atoms with E-state index in [4.69, 9.17) is 21.1 Å². The third-order valence-corrected chi connectivity index (χ3v) is 3.07. The van der Waals surface area contributed by atoms with E-state index in [1.807, 2.05) is 18.2 Å². The van der Waals surface area contributed by atoms with Crippen LogP contribution in [0.1, 0.15) is 10.4 Å². The summed E-state index contributed by atoms with van der Waals surface area (Å²) >= 11 is 5.63. The Morgan fingerprint density at radius 3 is 2.44 bits per heavy atom. The van der Waals surface area contributed by atoms with Gasteiger partial charge in [-0.2, -0.15) is 0 Å². The molecule has 0 fully saturated rings. The zero-order valence-corrected chi connectivity index (χ0v) is 11.0. The van der Waals surface area contributed by atoms with Crippen LogP contribution >= 0.6 is 11.6 Å². The second-order valence-corrected chi connectivity index (χ2v) is 4.02. The Hall–Kier alpha value is -1.74. The lowest BCUT2D eigenvalue weighted by Gasteiger charge is -2.12. The van der Waals surface area contributed by atoms with Gasteiger partial charge < -0.3 is 9.47 Å². The Morgan fingerprint density at radius 1 is 1.11 bits per heavy atom. The van der Waals surface area contributed by atoms with E-state index in [-0.39, 0.29) is 11.7 Å². The number of rotatable bonds is 4. The highest BCUT2D eigenvalue weighted by Crippen LogP contribution is 2.35. The molecule has 0 spiro atoms. The minimum atomic E-state index is -0.131. The lowest BCUT2D eigenvalue weighted by atomic mass is 10.00. The van der Waals surface area contributed by atoms with Crippen molar-refractivity contribution < 1.29 is 14.3 Å². The zero-order chi connectivity index (χ0) is 13.1. The fraction of sp³-hybridized carbons (Fsp3) is 0.214. The van der Waals surface area contributed by atoms with E-state index in [0.29, 0.717) is 17.1 Å². The van der Waals surface area contributed by atoms with E-state index in [0.717, 1.165) is 10.8 Å². The number of hydrogen-bond donors (Lipinski definition) is 0. The molecule has 94 valence electrons. The molecular formula is C14H13ClO3. The van der Waals surface area contributed by atoms with Crippen LogP contribution in [-0.4, -0.2) is 25.9 Å². The van der Waals surface area contributed by atoms with Crippen LogP contribution in [0.25, 0.3) is 10.8 Å². The van der Waals surface area contributed by atoms with Gasteiger partial charge in [-0.15, -0.1) is 11.6 Å². The molecule has 18 heavy (non-hydrogen) atoms. The third kappa shape index (κ3) is 2.02. The van der Waals surface area contributed by atoms with Crippen molar-refractivity contribution in [2.45, 2.75) is 0 Å². The Bertz CT molecular complexity index is 593. The van der Waals surface area contributed by atoms with Crippen LogP contribution in [0, 0.1) is 0 Å². The minimum Gasteiger partial charge on any atom is -0.496 e. The highest BCUT2D eigenvalue weighted by atomic mass is 35.5. The predicted octanol–water partition coefficient (Wildman–Crippen LogP) is 3.28. The minimum absolute atomic E-state index is 0.0561. The zero-order valence-electron chi connectivity index (χ0n) is 10.2. The molecule has 0 radical (unpaired) electrons. The fourth-order valence-corrected chi connectivity index (χ4v) is 2.14. The summed E-state index contributed by atoms with van der Waals surface area (Å²) in [5.74, 6) is 1.16. The molecule has 0 unspecified atom stereocenters. The maximum absolute atomic E-state index is 11.9. The number of alkyl halides is 1. The normalized spacial score (nSPS) is 10.4. The molecule has 0 saturated heterocycles. The SMILES string of the molecule is COc1ccc(C(=O)CCl)c2c(OC)cccc12. The van der Waals surface area contributed by atoms with Gasteiger partial charge in [0.15, 0.2) is 5.78 Å². The highest BCUT2D eigenvalue weighted by Gasteiger charge is 2.15. The Balaban J connectivity index is 2.84. The maximum atomic E-state index is 11.9. The quantitative estimate of drug-likeness (QED) is 0.628. The van der Waals surface area contributed by atoms with Crippen LogP contribution in [0.2, 0.25) is 0 Å². The molecule has 3 nitrogen and oxygen atoms in total. The molecule has 4 heteroatoms. The molecule has 0 aliphatic rings. The summed E-state index contributed by atoms with van der Waals surface area (Å²) in [6, 6.07) is 9.04. The number of carbonyl (C=O) groups excluding carboxylic acids is 1. The topological polar surface area (TPSA) is 35.5 Å². The molecule has 2 aromatic rings. The van der Waals surface area contributed by atoms with E-state index in [1.165, 1.54) is 0 Å². The monoisotopic (exact) mass is 264 g/mol. The van der Waals surface area contributed by atoms with Crippen LogP contribution in [0.4, 0.5) is 0 Å². The van der Waals surface area contributed by atoms with Crippen LogP contribution < -0.4 is 9.47 Å². The van der Waals surface area contributed by atoms with Gasteiger partial charge in [0.05, 0.1) is 20.1 Å². The number of benzene rings is 2. The fourth-order valence-electron chi connectivity index (χ4n) is 2.00. The third-order valence-electron chi connectivity index (χ3n) is 2.82. The first-order valence-corrected chi connectivity index (χ1v) is 5.99. The summed E-state index contributed by atoms with van der Waals surface area (Å²) < 4.78 is 10.6. The number of ketones is 1. The van der Waals surface area contributed by atoms with Gasteiger partial charge in [-0.3, -0.25) is 4.79 Å². The van der Waals surface area contributed by atoms with E-state index in [9.17, 15) is 4.79 Å². The van der Waals surface area contributed by atoms with Gasteiger partial charge in [0.1, 0.15) is 11.5 Å². The van der Waals surface area contributed by atoms with E-state index < -0.39 is 0 Å². The number of methoxy groups -OCH3 is 2. The van der Waals surface area contributed by atoms with Gasteiger partial charge in [-0.05, 0) is 18.2 Å². The predicted molar refractivity (Wildman–Crippen MR) is 72.1 cm³/mol. The summed E-state index contributed by atoms with van der Waals surface area (Å²) in [6.45, 7) is 0. The standard InChI is InChI=1S/C14H13ClO3/c1-17-12-7-6-9(11(16)8-15)14-10(12)4-3-5-13(14)18-2/h3-7H,8H2,1-2H3. The molecule has 0 bridgehead atoms. The highest BCUT2D eigenvalue weighted by molar-refractivity contribution is 6.32. The van der Waals surface area contributed by atoms with Crippen molar-refractivity contribution in [2.24, 2.45) is 0 Å². The van der Waals surface area contributed by atoms with Crippen LogP contribution in [-0.2, 0) is 0 Å². The summed E-state index contributed by atoms with van der Waals surface area (Å²) in [5, 5.41) is 1.58. The molecule has 2 rings (SSSR count). The number of fused-ring (bicyclic) bond motifs is 1. The van der Waals surface area contributed by atoms with Gasteiger partial charge in [0.25, 0.3) is 0 Å². The second kappa shape index (κ2) is 5.27. The summed E-state index contributed by atoms with van der Waals surface area (Å²) in [4.78, 5) is 11.9. The Kier molecular flexibility index (Phi) is 3.72. The molecule has 0 N–H and O–H groups in total. The summed E-state index contributed by atoms with van der Waals surface area (Å²) in [5.41, 5.74) is 0.554. The molecule has 0 heterocycles. The average molecular weight is 265 g/mol. The lowest BCUT2D eigenvalue weighted by Crippen LogP contribution is -2.03. The number of ether oxygens (including phenoxy) is 2. The second-order valence-electron chi connectivity index (χ2n) is 3.76. The van der Waals surface area contributed by atoms with E-state index in [1.54, 1.807) is 26.4 Å². The number of halogens is 1. The smallest absolute Gasteiger partial charge is 0.178 e. The number of hydrogen-bond acceptors (Lipinski definition) is 3. The van der Waals surface area contributed by atoms with Gasteiger partial charge in [0.2, 0.25) is 0 Å². The summed E-state index contributed by atoms with van der Waals surface area (Å²) in [6.07, 6.45) is 0. The lowest BCUT2D eigenvalue weighted by molar-refractivity contribution is 0.102. The molecule has 0 saturated carbocycles. The van der Waals surface area contributed by atoms with Crippen molar-refractivity contribution in [1.29, 1.82) is 0 Å². The van der Waals surface area contributed by atoms with Crippen LogP contribution in [0.3, 0.4) is 0 Å². The molecule has 0 amide bonds. The van der Waals surface area contributed by atoms with Crippen molar-refractivity contribution in [3.05, 3.63) is 35.9 Å². The van der Waals surface area contributed by atoms with Crippen molar-refractivity contribution in [3.63, 3.8) is 0 Å². The Morgan fingerprint density at radius 2 is 1.83 bits per heavy atom. The van der Waals surface area contributed by atoms with E-state index in [2.05, 4.69) is 0 Å². The van der Waals surface area contributed by atoms with Crippen molar-refractivity contribution in [3.8, 4) is 11.5 Å². The molecule has 2 aromatic carbocycles. The average Bonchev–Trinajstić information content (AvgIpc) is 2.44. The van der Waals surface area contributed by atoms with E-state index >= 15 is 0 Å². The molecule has 0 aromatic heterocycles. The molecule has 0 aliphatic heterocycles. The maximum Gasteiger partial charge on any atom is 0.178 e. The Labute approximate surface area is 110 Å². The first kappa shape index (κ1) is 12.7. The van der Waals surface area contributed by atoms with Gasteiger partial charge >= 0.3 is 0 Å². The number of carbonyl (C=O) groups is 1. The van der Waals surface area contributed by atoms with Gasteiger partial charge in [0, 0.05) is 16.3 Å². The molecule has 0 atom stereocenters. The van der Waals surface area contributed by atoms with Crippen molar-refractivity contribution in [1.82, 2.24) is 0 Å². The molecule has 0 aliphatic carbocycles. The number of Topliss-reactive ketones (excluding diaryl/α,β-unsaturated/α-hetero) is 1. The van der Waals surface area contributed by atoms with Crippen LogP contribution in [0.15, 0.2) is 30.3 Å². The van der Waals surface area contributed by atoms with Crippen LogP contribution in [0.5, 0.6) is 11.5 Å². The summed E-state index contributed by atoms with van der Waals surface area (Å²) in [7, 11) is 3.17. The first-order valence-electron chi connectivity index (χ1n) is 5.45. The van der Waals surface area contributed by atoms with Gasteiger partial charge in [-0.25, -0.2) is 0 Å². The van der Waals surface area contributed by atoms with Crippen molar-refractivity contribution in [2.75, 3.05) is 20.1 Å². The van der Waals surface area contributed by atoms with Crippen molar-refractivity contribution >= 4 is 28.2 Å². The first-order chi connectivity index (χ1) is 8.72.